The SMILES string of the molecule is Cc1cccc(N(c2cc(-c3ccccc3)c([Si](C)(C)C)cc2C)c2cc(C(C)C)c3ccc4c(N(c5cccc(C)c5)c5cc(-c6ccccc6)c([Si](C)(C)C)cc5C)cc(C(C)C)c5ccc2c3c54)c1. The van der Waals surface area contributed by atoms with Crippen molar-refractivity contribution in [3.63, 3.8) is 0 Å². The molecule has 0 aliphatic rings. The molecule has 0 aromatic heterocycles. The lowest BCUT2D eigenvalue weighted by Gasteiger charge is -2.34. The lowest BCUT2D eigenvalue weighted by Crippen LogP contribution is -2.39. The third-order valence-electron chi connectivity index (χ3n) is 15.1. The van der Waals surface area contributed by atoms with Crippen molar-refractivity contribution in [1.82, 2.24) is 0 Å². The van der Waals surface area contributed by atoms with E-state index in [2.05, 4.69) is 274 Å². The van der Waals surface area contributed by atoms with Crippen LogP contribution in [0.2, 0.25) is 39.3 Å². The molecule has 2 nitrogen and oxygen atoms in total. The lowest BCUT2D eigenvalue weighted by atomic mass is 9.84. The van der Waals surface area contributed by atoms with E-state index < -0.39 is 16.1 Å². The smallest absolute Gasteiger partial charge is 0.0784 e. The molecule has 0 spiro atoms. The first kappa shape index (κ1) is 48.9. The van der Waals surface area contributed by atoms with Crippen LogP contribution in [-0.4, -0.2) is 16.1 Å². The first-order valence-corrected chi connectivity index (χ1v) is 33.2. The summed E-state index contributed by atoms with van der Waals surface area (Å²) in [6.45, 7) is 33.5. The molecule has 0 aliphatic heterocycles. The standard InChI is InChI=1S/C68H72N2Si2/c1-43(2)57-39-63(69(51-29-21-23-45(5)35-51)61-41-59(49-25-17-15-18-26-49)65(37-47(61)7)71(9,10)11)55-34-32-54-58(44(3)4)40-64(56-33-31-53(57)67(55)68(54)56)70(52-30-22-24-46(6)36-52)62-42-60(50-27-19-16-20-28-50)66(38-48(62)8)72(12,13)14/h15-44H,1-14H3. The van der Waals surface area contributed by atoms with Gasteiger partial charge < -0.3 is 9.80 Å². The third-order valence-corrected chi connectivity index (χ3v) is 19.2. The maximum Gasteiger partial charge on any atom is 0.0784 e. The van der Waals surface area contributed by atoms with Crippen LogP contribution < -0.4 is 20.2 Å². The summed E-state index contributed by atoms with van der Waals surface area (Å²) in [4.78, 5) is 5.19. The molecule has 0 amide bonds. The summed E-state index contributed by atoms with van der Waals surface area (Å²) >= 11 is 0. The highest BCUT2D eigenvalue weighted by molar-refractivity contribution is 6.90. The van der Waals surface area contributed by atoms with Crippen LogP contribution in [0.3, 0.4) is 0 Å². The highest BCUT2D eigenvalue weighted by atomic mass is 28.3. The van der Waals surface area contributed by atoms with Crippen molar-refractivity contribution in [3.05, 3.63) is 203 Å². The van der Waals surface area contributed by atoms with Gasteiger partial charge in [-0.2, -0.15) is 0 Å². The molecule has 10 aromatic rings. The maximum atomic E-state index is 2.60. The number of rotatable bonds is 12. The first-order chi connectivity index (χ1) is 34.3. The molecule has 0 aliphatic carbocycles. The molecule has 10 rings (SSSR count). The molecule has 0 unspecified atom stereocenters. The van der Waals surface area contributed by atoms with Gasteiger partial charge in [0.1, 0.15) is 0 Å². The molecule has 0 heterocycles. The summed E-state index contributed by atoms with van der Waals surface area (Å²) in [5.74, 6) is 0.555. The van der Waals surface area contributed by atoms with E-state index in [1.54, 1.807) is 0 Å². The Morgan fingerprint density at radius 3 is 1.04 bits per heavy atom. The van der Waals surface area contributed by atoms with Gasteiger partial charge in [0, 0.05) is 33.5 Å². The lowest BCUT2D eigenvalue weighted by molar-refractivity contribution is 0.875. The van der Waals surface area contributed by atoms with Gasteiger partial charge in [-0.15, -0.1) is 0 Å². The van der Waals surface area contributed by atoms with Crippen molar-refractivity contribution in [2.75, 3.05) is 9.80 Å². The predicted octanol–water partition coefficient (Wildman–Crippen LogP) is 19.4. The zero-order chi connectivity index (χ0) is 51.0. The van der Waals surface area contributed by atoms with Crippen LogP contribution in [0.4, 0.5) is 34.1 Å². The average molecular weight is 974 g/mol. The average Bonchev–Trinajstić information content (AvgIpc) is 3.34. The Bertz CT molecular complexity index is 3410. The molecule has 10 aromatic carbocycles. The minimum Gasteiger partial charge on any atom is -0.310 e. The number of hydrogen-bond acceptors (Lipinski definition) is 2. The number of nitrogens with zero attached hydrogens (tertiary/aromatic N) is 2. The van der Waals surface area contributed by atoms with Crippen molar-refractivity contribution >= 4 is 93.0 Å². The van der Waals surface area contributed by atoms with Gasteiger partial charge in [0.25, 0.3) is 0 Å². The fourth-order valence-corrected chi connectivity index (χ4v) is 14.9. The zero-order valence-electron chi connectivity index (χ0n) is 45.2. The van der Waals surface area contributed by atoms with Gasteiger partial charge in [-0.25, -0.2) is 0 Å². The van der Waals surface area contributed by atoms with Crippen LogP contribution in [0.25, 0.3) is 54.6 Å². The summed E-state index contributed by atoms with van der Waals surface area (Å²) in [6.07, 6.45) is 0. The molecule has 0 N–H and O–H groups in total. The van der Waals surface area contributed by atoms with E-state index in [9.17, 15) is 0 Å². The van der Waals surface area contributed by atoms with Gasteiger partial charge in [-0.1, -0.05) is 199 Å². The largest absolute Gasteiger partial charge is 0.310 e. The number of aryl methyl sites for hydroxylation is 4. The Balaban J connectivity index is 1.34. The van der Waals surface area contributed by atoms with Crippen LogP contribution in [0, 0.1) is 27.7 Å². The van der Waals surface area contributed by atoms with Crippen LogP contribution in [0.5, 0.6) is 0 Å². The van der Waals surface area contributed by atoms with Crippen LogP contribution in [-0.2, 0) is 0 Å². The van der Waals surface area contributed by atoms with Crippen molar-refractivity contribution in [3.8, 4) is 22.3 Å². The summed E-state index contributed by atoms with van der Waals surface area (Å²) < 4.78 is 0. The molecule has 0 saturated carbocycles. The Morgan fingerprint density at radius 2 is 0.708 bits per heavy atom. The zero-order valence-corrected chi connectivity index (χ0v) is 47.2. The molecule has 72 heavy (non-hydrogen) atoms. The van der Waals surface area contributed by atoms with Crippen molar-refractivity contribution in [1.29, 1.82) is 0 Å². The molecule has 0 radical (unpaired) electrons. The Labute approximate surface area is 432 Å². The van der Waals surface area contributed by atoms with Gasteiger partial charge >= 0.3 is 0 Å². The van der Waals surface area contributed by atoms with Crippen LogP contribution >= 0.6 is 0 Å². The summed E-state index contributed by atoms with van der Waals surface area (Å²) in [7, 11) is -3.54. The highest BCUT2D eigenvalue weighted by Crippen LogP contribution is 2.52. The van der Waals surface area contributed by atoms with Crippen LogP contribution in [0.15, 0.2) is 170 Å². The number of hydrogen-bond donors (Lipinski definition) is 0. The van der Waals surface area contributed by atoms with Gasteiger partial charge in [0.05, 0.1) is 27.5 Å². The quantitative estimate of drug-likeness (QED) is 0.0889. The molecule has 0 saturated heterocycles. The Morgan fingerprint density at radius 1 is 0.347 bits per heavy atom. The first-order valence-electron chi connectivity index (χ1n) is 26.2. The second-order valence-electron chi connectivity index (χ2n) is 23.3. The molecule has 362 valence electrons. The third kappa shape index (κ3) is 8.77. The summed E-state index contributed by atoms with van der Waals surface area (Å²) in [5.41, 5.74) is 20.2. The predicted molar refractivity (Wildman–Crippen MR) is 323 cm³/mol. The molecule has 0 fully saturated rings. The highest BCUT2D eigenvalue weighted by Gasteiger charge is 2.30. The normalized spacial score (nSPS) is 12.3. The van der Waals surface area contributed by atoms with E-state index in [-0.39, 0.29) is 11.8 Å². The fraction of sp³-hybridized carbons (Fsp3) is 0.235. The van der Waals surface area contributed by atoms with Gasteiger partial charge in [0.15, 0.2) is 0 Å². The minimum atomic E-state index is -1.77. The van der Waals surface area contributed by atoms with Crippen molar-refractivity contribution in [2.24, 2.45) is 0 Å². The maximum absolute atomic E-state index is 2.60. The van der Waals surface area contributed by atoms with Gasteiger partial charge in [-0.05, 0) is 165 Å². The van der Waals surface area contributed by atoms with Gasteiger partial charge in [-0.3, -0.25) is 0 Å². The second kappa shape index (κ2) is 18.7. The number of anilines is 6. The van der Waals surface area contributed by atoms with E-state index in [1.165, 1.54) is 132 Å². The van der Waals surface area contributed by atoms with E-state index in [0.29, 0.717) is 0 Å². The fourth-order valence-electron chi connectivity index (χ4n) is 11.5. The molecular formula is C68H72N2Si2. The Kier molecular flexibility index (Phi) is 12.7. The summed E-state index contributed by atoms with van der Waals surface area (Å²) in [6, 6.07) is 65.3. The monoisotopic (exact) mass is 973 g/mol. The van der Waals surface area contributed by atoms with Crippen LogP contribution in [0.1, 0.15) is 72.9 Å². The number of benzene rings is 10. The van der Waals surface area contributed by atoms with E-state index in [0.717, 1.165) is 0 Å². The summed E-state index contributed by atoms with van der Waals surface area (Å²) in [5, 5.41) is 10.9. The molecular weight excluding hydrogens is 901 g/mol. The molecule has 4 heteroatoms. The van der Waals surface area contributed by atoms with E-state index >= 15 is 0 Å². The van der Waals surface area contributed by atoms with E-state index in [1.807, 2.05) is 0 Å². The second-order valence-corrected chi connectivity index (χ2v) is 33.4. The van der Waals surface area contributed by atoms with E-state index in [4.69, 9.17) is 0 Å². The topological polar surface area (TPSA) is 6.48 Å². The Hall–Kier alpha value is -6.73. The molecule has 0 atom stereocenters. The van der Waals surface area contributed by atoms with Gasteiger partial charge in [0.2, 0.25) is 0 Å². The van der Waals surface area contributed by atoms with Crippen molar-refractivity contribution < 1.29 is 0 Å². The van der Waals surface area contributed by atoms with Crippen molar-refractivity contribution in [2.45, 2.75) is 107 Å². The molecule has 0 bridgehead atoms. The minimum absolute atomic E-state index is 0.277.